The minimum atomic E-state index is -3.62. The maximum absolute atomic E-state index is 12.3. The largest absolute Gasteiger partial charge is 0.360 e. The monoisotopic (exact) mass is 377 g/mol. The van der Waals surface area contributed by atoms with Crippen LogP contribution < -0.4 is 4.72 Å². The summed E-state index contributed by atoms with van der Waals surface area (Å²) in [7, 11) is -3.62. The number of hydrogen-bond donors (Lipinski definition) is 1. The van der Waals surface area contributed by atoms with E-state index in [-0.39, 0.29) is 11.4 Å². The third-order valence-electron chi connectivity index (χ3n) is 3.69. The van der Waals surface area contributed by atoms with E-state index < -0.39 is 10.0 Å². The molecule has 0 aliphatic carbocycles. The Morgan fingerprint density at radius 1 is 1.20 bits per heavy atom. The van der Waals surface area contributed by atoms with Crippen LogP contribution in [0.3, 0.4) is 0 Å². The molecule has 6 nitrogen and oxygen atoms in total. The zero-order valence-electron chi connectivity index (χ0n) is 14.0. The van der Waals surface area contributed by atoms with Gasteiger partial charge in [0.1, 0.15) is 10.6 Å². The van der Waals surface area contributed by atoms with Crippen molar-refractivity contribution in [3.05, 3.63) is 63.4 Å². The van der Waals surface area contributed by atoms with E-state index >= 15 is 0 Å². The molecule has 0 atom stereocenters. The van der Waals surface area contributed by atoms with Crippen molar-refractivity contribution in [2.24, 2.45) is 0 Å². The molecule has 2 aromatic heterocycles. The maximum Gasteiger partial charge on any atom is 0.245 e. The van der Waals surface area contributed by atoms with Gasteiger partial charge in [0.15, 0.2) is 5.76 Å². The van der Waals surface area contributed by atoms with E-state index in [0.29, 0.717) is 17.9 Å². The number of sulfonamides is 1. The minimum absolute atomic E-state index is 0.122. The highest BCUT2D eigenvalue weighted by atomic mass is 32.2. The van der Waals surface area contributed by atoms with Gasteiger partial charge in [-0.25, -0.2) is 18.1 Å². The summed E-state index contributed by atoms with van der Waals surface area (Å²) < 4.78 is 32.2. The van der Waals surface area contributed by atoms with Gasteiger partial charge in [0.25, 0.3) is 0 Å². The Kier molecular flexibility index (Phi) is 5.31. The van der Waals surface area contributed by atoms with Crippen molar-refractivity contribution in [2.75, 3.05) is 6.54 Å². The summed E-state index contributed by atoms with van der Waals surface area (Å²) >= 11 is 1.61. The number of benzene rings is 1. The fourth-order valence-corrected chi connectivity index (χ4v) is 4.88. The van der Waals surface area contributed by atoms with Crippen LogP contribution in [0.2, 0.25) is 0 Å². The lowest BCUT2D eigenvalue weighted by Crippen LogP contribution is -2.26. The van der Waals surface area contributed by atoms with Crippen molar-refractivity contribution in [2.45, 2.75) is 31.6 Å². The van der Waals surface area contributed by atoms with Crippen LogP contribution in [-0.2, 0) is 22.9 Å². The van der Waals surface area contributed by atoms with E-state index in [2.05, 4.69) is 27.0 Å². The molecular formula is C17H19N3O3S2. The highest BCUT2D eigenvalue weighted by molar-refractivity contribution is 7.89. The molecule has 0 saturated heterocycles. The minimum Gasteiger partial charge on any atom is -0.360 e. The van der Waals surface area contributed by atoms with Crippen LogP contribution in [0.5, 0.6) is 0 Å². The third kappa shape index (κ3) is 4.33. The molecule has 0 radical (unpaired) electrons. The number of thiazole rings is 1. The summed E-state index contributed by atoms with van der Waals surface area (Å²) in [6.07, 6.45) is 3.24. The molecule has 132 valence electrons. The highest BCUT2D eigenvalue weighted by Crippen LogP contribution is 2.20. The molecule has 0 fully saturated rings. The predicted molar refractivity (Wildman–Crippen MR) is 96.2 cm³/mol. The van der Waals surface area contributed by atoms with Crippen LogP contribution in [-0.4, -0.2) is 25.1 Å². The lowest BCUT2D eigenvalue weighted by atomic mass is 10.1. The van der Waals surface area contributed by atoms with E-state index in [1.165, 1.54) is 5.56 Å². The molecule has 2 heterocycles. The first kappa shape index (κ1) is 17.8. The quantitative estimate of drug-likeness (QED) is 0.684. The van der Waals surface area contributed by atoms with Crippen molar-refractivity contribution in [1.29, 1.82) is 0 Å². The van der Waals surface area contributed by atoms with E-state index in [4.69, 9.17) is 4.52 Å². The van der Waals surface area contributed by atoms with E-state index in [9.17, 15) is 8.42 Å². The Morgan fingerprint density at radius 3 is 2.64 bits per heavy atom. The molecule has 0 amide bonds. The van der Waals surface area contributed by atoms with Crippen LogP contribution in [0.15, 0.2) is 45.9 Å². The second kappa shape index (κ2) is 7.47. The normalized spacial score (nSPS) is 11.8. The molecule has 8 heteroatoms. The zero-order chi connectivity index (χ0) is 17.9. The molecule has 0 aliphatic rings. The number of nitrogens with one attached hydrogen (secondary N) is 1. The summed E-state index contributed by atoms with van der Waals surface area (Å²) in [4.78, 5) is 5.67. The topological polar surface area (TPSA) is 85.1 Å². The molecule has 3 rings (SSSR count). The van der Waals surface area contributed by atoms with Crippen LogP contribution in [0.4, 0.5) is 0 Å². The summed E-state index contributed by atoms with van der Waals surface area (Å²) in [6.45, 7) is 3.48. The number of aryl methyl sites for hydroxylation is 2. The average molecular weight is 377 g/mol. The Labute approximate surface area is 151 Å². The van der Waals surface area contributed by atoms with Gasteiger partial charge in [-0.1, -0.05) is 35.5 Å². The SMILES string of the molecule is Cc1noc(C)c1S(=O)(=O)NCCc1ncc(Cc2ccccc2)s1. The highest BCUT2D eigenvalue weighted by Gasteiger charge is 2.23. The van der Waals surface area contributed by atoms with Gasteiger partial charge in [0.2, 0.25) is 10.0 Å². The molecule has 25 heavy (non-hydrogen) atoms. The van der Waals surface area contributed by atoms with E-state index in [0.717, 1.165) is 16.3 Å². The van der Waals surface area contributed by atoms with E-state index in [1.54, 1.807) is 25.2 Å². The third-order valence-corrected chi connectivity index (χ3v) is 6.45. The lowest BCUT2D eigenvalue weighted by Gasteiger charge is -2.04. The van der Waals surface area contributed by atoms with Gasteiger partial charge in [0.05, 0.1) is 5.01 Å². The summed E-state index contributed by atoms with van der Waals surface area (Å²) in [6, 6.07) is 10.2. The number of aromatic nitrogens is 2. The standard InChI is InChI=1S/C17H19N3O3S2/c1-12-17(13(2)23-20-12)25(21,22)19-9-8-16-18-11-15(24-16)10-14-6-4-3-5-7-14/h3-7,11,19H,8-10H2,1-2H3. The first-order chi connectivity index (χ1) is 12.0. The summed E-state index contributed by atoms with van der Waals surface area (Å²) in [5.41, 5.74) is 1.60. The Bertz CT molecular complexity index is 927. The molecule has 0 aliphatic heterocycles. The average Bonchev–Trinajstić information content (AvgIpc) is 3.15. The second-order valence-electron chi connectivity index (χ2n) is 5.68. The lowest BCUT2D eigenvalue weighted by molar-refractivity contribution is 0.390. The molecule has 0 bridgehead atoms. The van der Waals surface area contributed by atoms with Crippen molar-refractivity contribution >= 4 is 21.4 Å². The fraction of sp³-hybridized carbons (Fsp3) is 0.294. The molecule has 1 N–H and O–H groups in total. The maximum atomic E-state index is 12.3. The number of rotatable bonds is 7. The van der Waals surface area contributed by atoms with Crippen molar-refractivity contribution in [3.8, 4) is 0 Å². The van der Waals surface area contributed by atoms with Gasteiger partial charge < -0.3 is 4.52 Å². The first-order valence-corrected chi connectivity index (χ1v) is 10.2. The number of hydrogen-bond acceptors (Lipinski definition) is 6. The van der Waals surface area contributed by atoms with Gasteiger partial charge >= 0.3 is 0 Å². The van der Waals surface area contributed by atoms with Gasteiger partial charge in [-0.2, -0.15) is 0 Å². The second-order valence-corrected chi connectivity index (χ2v) is 8.59. The van der Waals surface area contributed by atoms with Crippen LogP contribution in [0.1, 0.15) is 26.9 Å². The van der Waals surface area contributed by atoms with Gasteiger partial charge in [-0.05, 0) is 19.4 Å². The Hall–Kier alpha value is -2.03. The van der Waals surface area contributed by atoms with Crippen LogP contribution >= 0.6 is 11.3 Å². The van der Waals surface area contributed by atoms with Crippen LogP contribution in [0, 0.1) is 13.8 Å². The van der Waals surface area contributed by atoms with Gasteiger partial charge in [-0.3, -0.25) is 0 Å². The van der Waals surface area contributed by atoms with Crippen LogP contribution in [0.25, 0.3) is 0 Å². The molecule has 0 unspecified atom stereocenters. The zero-order valence-corrected chi connectivity index (χ0v) is 15.7. The molecule has 1 aromatic carbocycles. The molecule has 0 saturated carbocycles. The Morgan fingerprint density at radius 2 is 1.96 bits per heavy atom. The Balaban J connectivity index is 1.58. The molecular weight excluding hydrogens is 358 g/mol. The number of nitrogens with zero attached hydrogens (tertiary/aromatic N) is 2. The van der Waals surface area contributed by atoms with Gasteiger partial charge in [0, 0.05) is 30.5 Å². The summed E-state index contributed by atoms with van der Waals surface area (Å²) in [5, 5.41) is 4.60. The summed E-state index contributed by atoms with van der Waals surface area (Å²) in [5.74, 6) is 0.296. The van der Waals surface area contributed by atoms with Gasteiger partial charge in [-0.15, -0.1) is 11.3 Å². The fourth-order valence-electron chi connectivity index (χ4n) is 2.57. The molecule has 3 aromatic rings. The van der Waals surface area contributed by atoms with E-state index in [1.807, 2.05) is 24.4 Å². The predicted octanol–water partition coefficient (Wildman–Crippen LogP) is 2.86. The van der Waals surface area contributed by atoms with Crippen molar-refractivity contribution in [3.63, 3.8) is 0 Å². The van der Waals surface area contributed by atoms with Crippen molar-refractivity contribution in [1.82, 2.24) is 14.9 Å². The first-order valence-electron chi connectivity index (χ1n) is 7.86. The van der Waals surface area contributed by atoms with Crippen molar-refractivity contribution < 1.29 is 12.9 Å². The molecule has 0 spiro atoms. The smallest absolute Gasteiger partial charge is 0.245 e.